The van der Waals surface area contributed by atoms with Gasteiger partial charge in [-0.3, -0.25) is 4.79 Å². The van der Waals surface area contributed by atoms with Gasteiger partial charge in [-0.2, -0.15) is 4.72 Å². The first kappa shape index (κ1) is 21.7. The number of benzene rings is 2. The number of rotatable bonds is 10. The Morgan fingerprint density at radius 2 is 1.71 bits per heavy atom. The number of nitrogens with one attached hydrogen (secondary N) is 2. The van der Waals surface area contributed by atoms with Crippen LogP contribution >= 0.6 is 0 Å². The van der Waals surface area contributed by atoms with Gasteiger partial charge in [-0.25, -0.2) is 8.42 Å². The number of carbonyl (C=O) groups excluding carboxylic acids is 1. The molecule has 2 aromatic rings. The molecule has 2 aromatic carbocycles. The summed E-state index contributed by atoms with van der Waals surface area (Å²) in [5, 5.41) is 2.76. The second kappa shape index (κ2) is 10.1. The van der Waals surface area contributed by atoms with Crippen LogP contribution in [0.5, 0.6) is 11.5 Å². The smallest absolute Gasteiger partial charge is 0.241 e. The van der Waals surface area contributed by atoms with E-state index < -0.39 is 16.1 Å². The second-order valence-corrected chi connectivity index (χ2v) is 7.89. The lowest BCUT2D eigenvalue weighted by molar-refractivity contribution is -0.122. The minimum atomic E-state index is -3.95. The fourth-order valence-corrected chi connectivity index (χ4v) is 3.86. The van der Waals surface area contributed by atoms with Crippen LogP contribution in [0.4, 0.5) is 0 Å². The molecule has 0 saturated heterocycles. The lowest BCUT2D eigenvalue weighted by Crippen LogP contribution is -2.48. The zero-order valence-corrected chi connectivity index (χ0v) is 17.1. The highest BCUT2D eigenvalue weighted by atomic mass is 32.2. The standard InChI is InChI=1S/C20H26N2O5S/c1-4-12-21-20(23)17(13-15-8-6-5-7-9-15)22-28(24,25)16-10-11-18(26-2)19(14-16)27-3/h5-11,14,17,22H,4,12-13H2,1-3H3,(H,21,23)/t17-/m0/s1. The van der Waals surface area contributed by atoms with Gasteiger partial charge in [-0.15, -0.1) is 0 Å². The third-order valence-corrected chi connectivity index (χ3v) is 5.58. The van der Waals surface area contributed by atoms with E-state index in [1.807, 2.05) is 37.3 Å². The molecule has 28 heavy (non-hydrogen) atoms. The zero-order valence-electron chi connectivity index (χ0n) is 16.3. The average Bonchev–Trinajstić information content (AvgIpc) is 2.71. The van der Waals surface area contributed by atoms with Crippen molar-refractivity contribution < 1.29 is 22.7 Å². The molecule has 1 amide bonds. The van der Waals surface area contributed by atoms with Crippen LogP contribution in [0.15, 0.2) is 53.4 Å². The van der Waals surface area contributed by atoms with Crippen molar-refractivity contribution in [1.29, 1.82) is 0 Å². The molecule has 0 aliphatic carbocycles. The van der Waals surface area contributed by atoms with Crippen molar-refractivity contribution in [2.24, 2.45) is 0 Å². The lowest BCUT2D eigenvalue weighted by atomic mass is 10.1. The maximum absolute atomic E-state index is 12.9. The summed E-state index contributed by atoms with van der Waals surface area (Å²) in [6.07, 6.45) is 0.995. The Kier molecular flexibility index (Phi) is 7.83. The van der Waals surface area contributed by atoms with E-state index >= 15 is 0 Å². The maximum atomic E-state index is 12.9. The van der Waals surface area contributed by atoms with Gasteiger partial charge in [0.1, 0.15) is 6.04 Å². The third-order valence-electron chi connectivity index (χ3n) is 4.11. The SMILES string of the molecule is CCCNC(=O)[C@H](Cc1ccccc1)NS(=O)(=O)c1ccc(OC)c(OC)c1. The molecule has 0 bridgehead atoms. The van der Waals surface area contributed by atoms with Crippen LogP contribution in [0.3, 0.4) is 0 Å². The molecular weight excluding hydrogens is 380 g/mol. The van der Waals surface area contributed by atoms with E-state index in [9.17, 15) is 13.2 Å². The van der Waals surface area contributed by atoms with Crippen LogP contribution in [-0.2, 0) is 21.2 Å². The van der Waals surface area contributed by atoms with E-state index in [0.29, 0.717) is 18.0 Å². The summed E-state index contributed by atoms with van der Waals surface area (Å²) in [5.41, 5.74) is 0.856. The van der Waals surface area contributed by atoms with E-state index in [-0.39, 0.29) is 17.2 Å². The van der Waals surface area contributed by atoms with E-state index in [0.717, 1.165) is 12.0 Å². The Labute approximate surface area is 166 Å². The topological polar surface area (TPSA) is 93.7 Å². The van der Waals surface area contributed by atoms with Crippen molar-refractivity contribution in [2.45, 2.75) is 30.7 Å². The monoisotopic (exact) mass is 406 g/mol. The van der Waals surface area contributed by atoms with Gasteiger partial charge < -0.3 is 14.8 Å². The molecule has 0 aliphatic heterocycles. The average molecular weight is 407 g/mol. The number of hydrogen-bond acceptors (Lipinski definition) is 5. The highest BCUT2D eigenvalue weighted by Gasteiger charge is 2.26. The Hall–Kier alpha value is -2.58. The van der Waals surface area contributed by atoms with Crippen LogP contribution in [0.25, 0.3) is 0 Å². The minimum Gasteiger partial charge on any atom is -0.493 e. The molecule has 0 radical (unpaired) electrons. The van der Waals surface area contributed by atoms with Crippen molar-refractivity contribution in [3.63, 3.8) is 0 Å². The van der Waals surface area contributed by atoms with Gasteiger partial charge >= 0.3 is 0 Å². The van der Waals surface area contributed by atoms with Crippen molar-refractivity contribution in [1.82, 2.24) is 10.0 Å². The predicted octanol–water partition coefficient (Wildman–Crippen LogP) is 2.12. The minimum absolute atomic E-state index is 0.00787. The Morgan fingerprint density at radius 1 is 1.04 bits per heavy atom. The summed E-state index contributed by atoms with van der Waals surface area (Å²) in [6, 6.07) is 12.6. The molecule has 7 nitrogen and oxygen atoms in total. The number of ether oxygens (including phenoxy) is 2. The molecule has 0 aromatic heterocycles. The Balaban J connectivity index is 2.29. The summed E-state index contributed by atoms with van der Waals surface area (Å²) in [5.74, 6) is 0.346. The molecule has 0 spiro atoms. The Bertz CT molecular complexity index is 885. The van der Waals surface area contributed by atoms with Crippen LogP contribution in [0, 0.1) is 0 Å². The normalized spacial score (nSPS) is 12.2. The molecular formula is C20H26N2O5S. The van der Waals surface area contributed by atoms with Gasteiger partial charge in [0.05, 0.1) is 19.1 Å². The summed E-state index contributed by atoms with van der Waals surface area (Å²) in [4.78, 5) is 12.5. The van der Waals surface area contributed by atoms with E-state index in [1.54, 1.807) is 0 Å². The van der Waals surface area contributed by atoms with Crippen molar-refractivity contribution in [3.8, 4) is 11.5 Å². The van der Waals surface area contributed by atoms with Crippen molar-refractivity contribution in [3.05, 3.63) is 54.1 Å². The molecule has 2 N–H and O–H groups in total. The first-order valence-corrected chi connectivity index (χ1v) is 10.5. The van der Waals surface area contributed by atoms with E-state index in [1.165, 1.54) is 32.4 Å². The predicted molar refractivity (Wildman–Crippen MR) is 107 cm³/mol. The maximum Gasteiger partial charge on any atom is 0.241 e. The quantitative estimate of drug-likeness (QED) is 0.630. The number of sulfonamides is 1. The molecule has 0 unspecified atom stereocenters. The van der Waals surface area contributed by atoms with Gasteiger partial charge in [-0.1, -0.05) is 37.3 Å². The Morgan fingerprint density at radius 3 is 2.32 bits per heavy atom. The van der Waals surface area contributed by atoms with Gasteiger partial charge in [0.25, 0.3) is 0 Å². The number of methoxy groups -OCH3 is 2. The highest BCUT2D eigenvalue weighted by molar-refractivity contribution is 7.89. The summed E-state index contributed by atoms with van der Waals surface area (Å²) in [6.45, 7) is 2.41. The van der Waals surface area contributed by atoms with Crippen LogP contribution in [-0.4, -0.2) is 41.1 Å². The molecule has 0 fully saturated rings. The summed E-state index contributed by atoms with van der Waals surface area (Å²) < 4.78 is 38.6. The van der Waals surface area contributed by atoms with Crippen LogP contribution in [0.1, 0.15) is 18.9 Å². The summed E-state index contributed by atoms with van der Waals surface area (Å²) in [7, 11) is -1.05. The molecule has 0 aliphatic rings. The van der Waals surface area contributed by atoms with Crippen LogP contribution in [0.2, 0.25) is 0 Å². The zero-order chi connectivity index (χ0) is 20.6. The number of hydrogen-bond donors (Lipinski definition) is 2. The molecule has 152 valence electrons. The first-order chi connectivity index (χ1) is 13.4. The lowest BCUT2D eigenvalue weighted by Gasteiger charge is -2.19. The third kappa shape index (κ3) is 5.71. The van der Waals surface area contributed by atoms with Gasteiger partial charge in [0.2, 0.25) is 15.9 Å². The molecule has 0 saturated carbocycles. The van der Waals surface area contributed by atoms with Gasteiger partial charge in [-0.05, 0) is 30.5 Å². The van der Waals surface area contributed by atoms with E-state index in [2.05, 4.69) is 10.0 Å². The fourth-order valence-electron chi connectivity index (χ4n) is 2.65. The first-order valence-electron chi connectivity index (χ1n) is 8.97. The number of amides is 1. The second-order valence-electron chi connectivity index (χ2n) is 6.17. The largest absolute Gasteiger partial charge is 0.493 e. The fraction of sp³-hybridized carbons (Fsp3) is 0.350. The van der Waals surface area contributed by atoms with Gasteiger partial charge in [0.15, 0.2) is 11.5 Å². The van der Waals surface area contributed by atoms with Crippen LogP contribution < -0.4 is 19.5 Å². The molecule has 1 atom stereocenters. The van der Waals surface area contributed by atoms with Crippen molar-refractivity contribution in [2.75, 3.05) is 20.8 Å². The number of carbonyl (C=O) groups is 1. The van der Waals surface area contributed by atoms with Gasteiger partial charge in [0, 0.05) is 12.6 Å². The highest BCUT2D eigenvalue weighted by Crippen LogP contribution is 2.29. The molecule has 2 rings (SSSR count). The molecule has 0 heterocycles. The summed E-state index contributed by atoms with van der Waals surface area (Å²) >= 11 is 0. The van der Waals surface area contributed by atoms with E-state index in [4.69, 9.17) is 9.47 Å². The van der Waals surface area contributed by atoms with Crippen molar-refractivity contribution >= 4 is 15.9 Å². The molecule has 8 heteroatoms.